The van der Waals surface area contributed by atoms with Crippen LogP contribution in [0.2, 0.25) is 10.0 Å². The highest BCUT2D eigenvalue weighted by atomic mass is 35.5. The minimum Gasteiger partial charge on any atom is -0.339 e. The molecule has 1 aliphatic rings. The number of unbranched alkanes of at least 4 members (excludes halogenated alkanes) is 1. The van der Waals surface area contributed by atoms with Crippen molar-refractivity contribution >= 4 is 46.5 Å². The second-order valence-electron chi connectivity index (χ2n) is 6.60. The maximum atomic E-state index is 6.35. The van der Waals surface area contributed by atoms with Gasteiger partial charge in [0.1, 0.15) is 0 Å². The van der Waals surface area contributed by atoms with Crippen molar-refractivity contribution < 1.29 is 0 Å². The Hall–Kier alpha value is -0.870. The Morgan fingerprint density at radius 2 is 1.84 bits per heavy atom. The SMILES string of the molecule is CCCC[C@@]1(CC)CN(c2ccccc2)c2cc(Cl)c(Cl)cc2SN1. The molecule has 2 aromatic rings. The highest BCUT2D eigenvalue weighted by Gasteiger charge is 2.35. The normalized spacial score (nSPS) is 20.2. The molecule has 2 nitrogen and oxygen atoms in total. The predicted molar refractivity (Wildman–Crippen MR) is 111 cm³/mol. The number of benzene rings is 2. The Morgan fingerprint density at radius 1 is 1.12 bits per heavy atom. The Bertz CT molecular complexity index is 723. The lowest BCUT2D eigenvalue weighted by molar-refractivity contribution is 0.351. The van der Waals surface area contributed by atoms with Gasteiger partial charge in [0.15, 0.2) is 0 Å². The molecular weight excluding hydrogens is 371 g/mol. The number of fused-ring (bicyclic) bond motifs is 1. The van der Waals surface area contributed by atoms with Crippen molar-refractivity contribution in [3.8, 4) is 0 Å². The molecule has 5 heteroatoms. The second kappa shape index (κ2) is 8.22. The van der Waals surface area contributed by atoms with Gasteiger partial charge in [-0.2, -0.15) is 0 Å². The Labute approximate surface area is 165 Å². The van der Waals surface area contributed by atoms with E-state index in [-0.39, 0.29) is 5.54 Å². The molecule has 0 spiro atoms. The van der Waals surface area contributed by atoms with E-state index in [4.69, 9.17) is 23.2 Å². The number of rotatable bonds is 5. The van der Waals surface area contributed by atoms with Crippen LogP contribution in [0.15, 0.2) is 47.4 Å². The van der Waals surface area contributed by atoms with Crippen LogP contribution in [0.4, 0.5) is 11.4 Å². The van der Waals surface area contributed by atoms with E-state index in [1.807, 2.05) is 18.2 Å². The zero-order valence-electron chi connectivity index (χ0n) is 14.7. The summed E-state index contributed by atoms with van der Waals surface area (Å²) in [5, 5.41) is 1.19. The zero-order chi connectivity index (χ0) is 17.9. The molecule has 0 saturated heterocycles. The van der Waals surface area contributed by atoms with E-state index >= 15 is 0 Å². The van der Waals surface area contributed by atoms with Gasteiger partial charge in [-0.15, -0.1) is 0 Å². The maximum absolute atomic E-state index is 6.35. The van der Waals surface area contributed by atoms with Gasteiger partial charge in [-0.1, -0.05) is 68.1 Å². The first-order valence-corrected chi connectivity index (χ1v) is 10.4. The highest BCUT2D eigenvalue weighted by molar-refractivity contribution is 7.97. The smallest absolute Gasteiger partial charge is 0.0613 e. The predicted octanol–water partition coefficient (Wildman–Crippen LogP) is 7.08. The number of hydrogen-bond donors (Lipinski definition) is 1. The van der Waals surface area contributed by atoms with E-state index in [1.165, 1.54) is 18.5 Å². The quantitative estimate of drug-likeness (QED) is 0.545. The maximum Gasteiger partial charge on any atom is 0.0613 e. The van der Waals surface area contributed by atoms with Gasteiger partial charge in [-0.05, 0) is 49.1 Å². The number of nitrogens with zero attached hydrogens (tertiary/aromatic N) is 1. The monoisotopic (exact) mass is 394 g/mol. The van der Waals surface area contributed by atoms with Gasteiger partial charge in [-0.3, -0.25) is 4.72 Å². The molecule has 0 radical (unpaired) electrons. The average Bonchev–Trinajstić information content (AvgIpc) is 2.79. The number of halogens is 2. The molecule has 1 aliphatic heterocycles. The highest BCUT2D eigenvalue weighted by Crippen LogP contribution is 2.44. The molecule has 3 rings (SSSR count). The summed E-state index contributed by atoms with van der Waals surface area (Å²) in [6, 6.07) is 14.5. The minimum atomic E-state index is 0.0501. The molecule has 1 N–H and O–H groups in total. The van der Waals surface area contributed by atoms with E-state index in [2.05, 4.69) is 47.7 Å². The number of hydrogen-bond acceptors (Lipinski definition) is 3. The van der Waals surface area contributed by atoms with Crippen LogP contribution in [0, 0.1) is 0 Å². The summed E-state index contributed by atoms with van der Waals surface area (Å²) in [6.07, 6.45) is 4.62. The fourth-order valence-electron chi connectivity index (χ4n) is 3.24. The van der Waals surface area contributed by atoms with Crippen molar-refractivity contribution in [3.63, 3.8) is 0 Å². The molecule has 25 heavy (non-hydrogen) atoms. The molecule has 2 aromatic carbocycles. The molecule has 1 heterocycles. The summed E-state index contributed by atoms with van der Waals surface area (Å²) in [7, 11) is 0. The van der Waals surface area contributed by atoms with Crippen LogP contribution in [0.1, 0.15) is 39.5 Å². The zero-order valence-corrected chi connectivity index (χ0v) is 17.0. The summed E-state index contributed by atoms with van der Waals surface area (Å²) < 4.78 is 3.76. The van der Waals surface area contributed by atoms with Gasteiger partial charge in [0.05, 0.1) is 15.7 Å². The molecule has 134 valence electrons. The first-order valence-electron chi connectivity index (χ1n) is 8.84. The van der Waals surface area contributed by atoms with E-state index in [0.29, 0.717) is 10.0 Å². The number of para-hydroxylation sites is 1. The topological polar surface area (TPSA) is 15.3 Å². The summed E-state index contributed by atoms with van der Waals surface area (Å²) in [4.78, 5) is 3.49. The van der Waals surface area contributed by atoms with E-state index < -0.39 is 0 Å². The van der Waals surface area contributed by atoms with Gasteiger partial charge in [0, 0.05) is 22.7 Å². The van der Waals surface area contributed by atoms with Gasteiger partial charge in [-0.25, -0.2) is 0 Å². The summed E-state index contributed by atoms with van der Waals surface area (Å²) in [5.41, 5.74) is 2.35. The fourth-order valence-corrected chi connectivity index (χ4v) is 4.71. The lowest BCUT2D eigenvalue weighted by Crippen LogP contribution is -2.48. The van der Waals surface area contributed by atoms with Gasteiger partial charge in [0.25, 0.3) is 0 Å². The van der Waals surface area contributed by atoms with Crippen LogP contribution in [-0.2, 0) is 0 Å². The van der Waals surface area contributed by atoms with Crippen molar-refractivity contribution in [2.24, 2.45) is 0 Å². The van der Waals surface area contributed by atoms with Gasteiger partial charge >= 0.3 is 0 Å². The van der Waals surface area contributed by atoms with Crippen LogP contribution in [0.5, 0.6) is 0 Å². The van der Waals surface area contributed by atoms with E-state index in [1.54, 1.807) is 11.9 Å². The molecule has 1 atom stereocenters. The largest absolute Gasteiger partial charge is 0.339 e. The van der Waals surface area contributed by atoms with Crippen molar-refractivity contribution in [3.05, 3.63) is 52.5 Å². The van der Waals surface area contributed by atoms with Crippen molar-refractivity contribution in [1.29, 1.82) is 0 Å². The van der Waals surface area contributed by atoms with Gasteiger partial charge in [0.2, 0.25) is 0 Å². The van der Waals surface area contributed by atoms with Gasteiger partial charge < -0.3 is 4.90 Å². The lowest BCUT2D eigenvalue weighted by atomic mass is 9.90. The summed E-state index contributed by atoms with van der Waals surface area (Å²) in [5.74, 6) is 0. The summed E-state index contributed by atoms with van der Waals surface area (Å²) >= 11 is 14.3. The lowest BCUT2D eigenvalue weighted by Gasteiger charge is -2.37. The van der Waals surface area contributed by atoms with Crippen LogP contribution < -0.4 is 9.62 Å². The molecule has 0 amide bonds. The fraction of sp³-hybridized carbons (Fsp3) is 0.400. The number of anilines is 2. The van der Waals surface area contributed by atoms with Crippen molar-refractivity contribution in [2.75, 3.05) is 11.4 Å². The number of nitrogens with one attached hydrogen (secondary N) is 1. The third kappa shape index (κ3) is 4.11. The first kappa shape index (κ1) is 18.9. The Kier molecular flexibility index (Phi) is 6.21. The van der Waals surface area contributed by atoms with Crippen LogP contribution in [-0.4, -0.2) is 12.1 Å². The standard InChI is InChI=1S/C20H24Cl2N2S/c1-3-5-11-20(4-2)14-24(15-9-7-6-8-10-15)18-12-16(21)17(22)13-19(18)25-23-20/h6-10,12-13,23H,3-5,11,14H2,1-2H3/t20-/m0/s1. The van der Waals surface area contributed by atoms with Crippen molar-refractivity contribution in [1.82, 2.24) is 4.72 Å². The first-order chi connectivity index (χ1) is 12.1. The third-order valence-electron chi connectivity index (χ3n) is 4.88. The summed E-state index contributed by atoms with van der Waals surface area (Å²) in [6.45, 7) is 5.42. The molecule has 0 aromatic heterocycles. The minimum absolute atomic E-state index is 0.0501. The molecule has 0 aliphatic carbocycles. The molecule has 0 unspecified atom stereocenters. The molecular formula is C20H24Cl2N2S. The van der Waals surface area contributed by atoms with Crippen LogP contribution >= 0.6 is 35.1 Å². The molecule has 0 bridgehead atoms. The van der Waals surface area contributed by atoms with Crippen LogP contribution in [0.3, 0.4) is 0 Å². The van der Waals surface area contributed by atoms with E-state index in [9.17, 15) is 0 Å². The average molecular weight is 395 g/mol. The molecule has 0 fully saturated rings. The Morgan fingerprint density at radius 3 is 2.52 bits per heavy atom. The second-order valence-corrected chi connectivity index (χ2v) is 8.26. The van der Waals surface area contributed by atoms with Crippen molar-refractivity contribution in [2.45, 2.75) is 50.0 Å². The molecule has 0 saturated carbocycles. The third-order valence-corrected chi connectivity index (χ3v) is 6.69. The van der Waals surface area contributed by atoms with E-state index in [0.717, 1.165) is 30.0 Å². The van der Waals surface area contributed by atoms with Crippen LogP contribution in [0.25, 0.3) is 0 Å². The Balaban J connectivity index is 2.08.